The van der Waals surface area contributed by atoms with Gasteiger partial charge in [-0.1, -0.05) is 19.1 Å². The Labute approximate surface area is 185 Å². The van der Waals surface area contributed by atoms with E-state index in [9.17, 15) is 13.2 Å². The van der Waals surface area contributed by atoms with Gasteiger partial charge < -0.3 is 14.7 Å². The predicted molar refractivity (Wildman–Crippen MR) is 120 cm³/mol. The van der Waals surface area contributed by atoms with Crippen LogP contribution in [0.4, 0.5) is 0 Å². The Kier molecular flexibility index (Phi) is 8.32. The number of carboxylic acids is 1. The lowest BCUT2D eigenvalue weighted by atomic mass is 9.96. The van der Waals surface area contributed by atoms with E-state index in [4.69, 9.17) is 9.84 Å². The fourth-order valence-electron chi connectivity index (χ4n) is 4.50. The summed E-state index contributed by atoms with van der Waals surface area (Å²) in [6.07, 6.45) is 3.40. The van der Waals surface area contributed by atoms with Crippen molar-refractivity contribution in [2.45, 2.75) is 52.0 Å². The summed E-state index contributed by atoms with van der Waals surface area (Å²) in [5, 5.41) is 8.68. The van der Waals surface area contributed by atoms with E-state index in [1.54, 1.807) is 0 Å². The van der Waals surface area contributed by atoms with Crippen molar-refractivity contribution in [2.24, 2.45) is 5.92 Å². The molecule has 0 aliphatic carbocycles. The van der Waals surface area contributed by atoms with Crippen LogP contribution in [0, 0.1) is 5.92 Å². The van der Waals surface area contributed by atoms with Crippen molar-refractivity contribution in [1.82, 2.24) is 13.9 Å². The lowest BCUT2D eigenvalue weighted by Gasteiger charge is -2.36. The first-order chi connectivity index (χ1) is 14.8. The highest BCUT2D eigenvalue weighted by Gasteiger charge is 2.29. The predicted octanol–water partition coefficient (Wildman–Crippen LogP) is 1.90. The molecule has 0 bridgehead atoms. The lowest BCUT2D eigenvalue weighted by molar-refractivity contribution is -0.136. The van der Waals surface area contributed by atoms with E-state index in [0.717, 1.165) is 51.1 Å². The van der Waals surface area contributed by atoms with Crippen molar-refractivity contribution < 1.29 is 23.1 Å². The summed E-state index contributed by atoms with van der Waals surface area (Å²) >= 11 is 0. The summed E-state index contributed by atoms with van der Waals surface area (Å²) in [5.74, 6) is 0.465. The van der Waals surface area contributed by atoms with Crippen LogP contribution in [0.2, 0.25) is 0 Å². The number of hydrogen-bond acceptors (Lipinski definition) is 5. The number of fused-ring (bicyclic) bond motifs is 1. The van der Waals surface area contributed by atoms with Gasteiger partial charge in [0.15, 0.2) is 0 Å². The van der Waals surface area contributed by atoms with Crippen molar-refractivity contribution in [2.75, 3.05) is 39.3 Å². The van der Waals surface area contributed by atoms with Crippen LogP contribution in [0.15, 0.2) is 18.2 Å². The number of ether oxygens (including phenoxy) is 1. The topological polar surface area (TPSA) is 99.2 Å². The van der Waals surface area contributed by atoms with Crippen LogP contribution in [0.5, 0.6) is 5.75 Å². The first-order valence-electron chi connectivity index (χ1n) is 11.2. The minimum atomic E-state index is -3.60. The van der Waals surface area contributed by atoms with Gasteiger partial charge in [0.1, 0.15) is 5.75 Å². The molecule has 1 aromatic rings. The maximum absolute atomic E-state index is 12.3. The second kappa shape index (κ2) is 10.8. The number of benzene rings is 1. The van der Waals surface area contributed by atoms with Crippen LogP contribution in [-0.2, 0) is 27.8 Å². The quantitative estimate of drug-likeness (QED) is 0.531. The molecule has 1 aromatic carbocycles. The molecule has 0 saturated carbocycles. The molecule has 2 aliphatic heterocycles. The lowest BCUT2D eigenvalue weighted by Crippen LogP contribution is -2.47. The molecule has 0 amide bonds. The summed E-state index contributed by atoms with van der Waals surface area (Å²) in [5.41, 5.74) is 2.64. The maximum atomic E-state index is 12.3. The standard InChI is InChI=1S/C22H35N3O5S/c1-3-24(17(2)14-19-4-5-21-20(15-19)9-13-30-21)16-18-7-11-25(12-8-18)31(28,29)23-10-6-22(26)27/h4-5,15,17-18,23H,3,6-14,16H2,1-2H3,(H,26,27)/t17-/m0/s1. The van der Waals surface area contributed by atoms with Crippen molar-refractivity contribution in [3.05, 3.63) is 29.3 Å². The van der Waals surface area contributed by atoms with Crippen LogP contribution in [0.25, 0.3) is 0 Å². The van der Waals surface area contributed by atoms with E-state index < -0.39 is 16.2 Å². The normalized spacial score (nSPS) is 18.7. The van der Waals surface area contributed by atoms with E-state index in [-0.39, 0.29) is 13.0 Å². The third-order valence-corrected chi connectivity index (χ3v) is 7.96. The van der Waals surface area contributed by atoms with Gasteiger partial charge in [0.05, 0.1) is 13.0 Å². The Bertz CT molecular complexity index is 853. The molecule has 8 nitrogen and oxygen atoms in total. The minimum Gasteiger partial charge on any atom is -0.493 e. The van der Waals surface area contributed by atoms with E-state index >= 15 is 0 Å². The summed E-state index contributed by atoms with van der Waals surface area (Å²) in [6, 6.07) is 6.93. The van der Waals surface area contributed by atoms with Crippen LogP contribution >= 0.6 is 0 Å². The van der Waals surface area contributed by atoms with Gasteiger partial charge in [-0.15, -0.1) is 0 Å². The fraction of sp³-hybridized carbons (Fsp3) is 0.682. The largest absolute Gasteiger partial charge is 0.493 e. The first kappa shape index (κ1) is 24.0. The van der Waals surface area contributed by atoms with Crippen LogP contribution < -0.4 is 9.46 Å². The zero-order valence-corrected chi connectivity index (χ0v) is 19.4. The molecule has 2 N–H and O–H groups in total. The SMILES string of the molecule is CCN(CC1CCN(S(=O)(=O)NCCC(=O)O)CC1)[C@@H](C)Cc1ccc2c(c1)CCO2. The van der Waals surface area contributed by atoms with Gasteiger partial charge in [-0.25, -0.2) is 4.72 Å². The first-order valence-corrected chi connectivity index (χ1v) is 12.7. The Balaban J connectivity index is 1.47. The molecular formula is C22H35N3O5S. The van der Waals surface area contributed by atoms with Gasteiger partial charge in [0.2, 0.25) is 0 Å². The Morgan fingerprint density at radius 2 is 2.10 bits per heavy atom. The van der Waals surface area contributed by atoms with Gasteiger partial charge >= 0.3 is 5.97 Å². The molecule has 31 heavy (non-hydrogen) atoms. The highest BCUT2D eigenvalue weighted by molar-refractivity contribution is 7.87. The number of hydrogen-bond donors (Lipinski definition) is 2. The summed E-state index contributed by atoms with van der Waals surface area (Å²) in [6.45, 7) is 8.02. The molecule has 0 unspecified atom stereocenters. The molecule has 1 saturated heterocycles. The van der Waals surface area contributed by atoms with Crippen molar-refractivity contribution in [1.29, 1.82) is 0 Å². The summed E-state index contributed by atoms with van der Waals surface area (Å²) < 4.78 is 34.1. The number of nitrogens with zero attached hydrogens (tertiary/aromatic N) is 2. The molecule has 1 fully saturated rings. The summed E-state index contributed by atoms with van der Waals surface area (Å²) in [7, 11) is -3.60. The molecule has 0 spiro atoms. The molecule has 3 rings (SSSR count). The van der Waals surface area contributed by atoms with Crippen molar-refractivity contribution in [3.8, 4) is 5.75 Å². The third-order valence-electron chi connectivity index (χ3n) is 6.34. The van der Waals surface area contributed by atoms with Gasteiger partial charge in [-0.2, -0.15) is 12.7 Å². The van der Waals surface area contributed by atoms with Crippen molar-refractivity contribution in [3.63, 3.8) is 0 Å². The molecule has 9 heteroatoms. The second-order valence-electron chi connectivity index (χ2n) is 8.57. The van der Waals surface area contributed by atoms with Gasteiger partial charge in [-0.3, -0.25) is 4.79 Å². The van der Waals surface area contributed by atoms with E-state index in [0.29, 0.717) is 25.0 Å². The number of likely N-dealkylation sites (N-methyl/N-ethyl adjacent to an activating group) is 1. The van der Waals surface area contributed by atoms with Crippen LogP contribution in [0.3, 0.4) is 0 Å². The average Bonchev–Trinajstić information content (AvgIpc) is 3.19. The molecular weight excluding hydrogens is 418 g/mol. The number of nitrogens with one attached hydrogen (secondary N) is 1. The smallest absolute Gasteiger partial charge is 0.304 e. The van der Waals surface area contributed by atoms with E-state index in [1.165, 1.54) is 15.4 Å². The fourth-order valence-corrected chi connectivity index (χ4v) is 5.73. The Morgan fingerprint density at radius 1 is 1.35 bits per heavy atom. The highest BCUT2D eigenvalue weighted by Crippen LogP contribution is 2.27. The van der Waals surface area contributed by atoms with Crippen molar-refractivity contribution >= 4 is 16.2 Å². The van der Waals surface area contributed by atoms with E-state index in [2.05, 4.69) is 41.7 Å². The monoisotopic (exact) mass is 453 g/mol. The van der Waals surface area contributed by atoms with Gasteiger partial charge in [0.25, 0.3) is 10.2 Å². The zero-order valence-electron chi connectivity index (χ0n) is 18.5. The number of carbonyl (C=O) groups is 1. The van der Waals surface area contributed by atoms with E-state index in [1.807, 2.05) is 0 Å². The molecule has 2 heterocycles. The highest BCUT2D eigenvalue weighted by atomic mass is 32.2. The number of carboxylic acid groups (broad SMARTS) is 1. The second-order valence-corrected chi connectivity index (χ2v) is 10.3. The van der Waals surface area contributed by atoms with Crippen LogP contribution in [0.1, 0.15) is 44.2 Å². The Hall–Kier alpha value is -1.68. The average molecular weight is 454 g/mol. The molecule has 0 radical (unpaired) electrons. The third kappa shape index (κ3) is 6.65. The maximum Gasteiger partial charge on any atom is 0.304 e. The summed E-state index contributed by atoms with van der Waals surface area (Å²) in [4.78, 5) is 13.1. The Morgan fingerprint density at radius 3 is 2.77 bits per heavy atom. The zero-order chi connectivity index (χ0) is 22.4. The number of piperidine rings is 1. The van der Waals surface area contributed by atoms with Gasteiger partial charge in [-0.05, 0) is 55.8 Å². The van der Waals surface area contributed by atoms with Crippen LogP contribution in [-0.4, -0.2) is 74.1 Å². The molecule has 1 atom stereocenters. The molecule has 174 valence electrons. The van der Waals surface area contributed by atoms with Gasteiger partial charge in [0, 0.05) is 38.6 Å². The number of aliphatic carboxylic acids is 1. The number of rotatable bonds is 11. The minimum absolute atomic E-state index is 0.0759. The molecule has 0 aromatic heterocycles. The molecule has 2 aliphatic rings.